The average molecular weight is 338 g/mol. The molecule has 1 aliphatic heterocycles. The van der Waals surface area contributed by atoms with E-state index < -0.39 is 10.0 Å². The predicted octanol–water partition coefficient (Wildman–Crippen LogP) is 1.18. The van der Waals surface area contributed by atoms with Gasteiger partial charge < -0.3 is 10.0 Å². The Bertz CT molecular complexity index is 709. The minimum Gasteiger partial charge on any atom is -0.393 e. The molecule has 0 spiro atoms. The molecule has 2 aliphatic rings. The lowest BCUT2D eigenvalue weighted by Gasteiger charge is -2.26. The van der Waals surface area contributed by atoms with Gasteiger partial charge in [-0.05, 0) is 49.8 Å². The van der Waals surface area contributed by atoms with Gasteiger partial charge >= 0.3 is 0 Å². The van der Waals surface area contributed by atoms with E-state index in [1.54, 1.807) is 23.1 Å². The molecule has 126 valence electrons. The second kappa shape index (κ2) is 6.22. The van der Waals surface area contributed by atoms with Crippen LogP contribution in [0.15, 0.2) is 23.1 Å². The highest BCUT2D eigenvalue weighted by Crippen LogP contribution is 2.31. The van der Waals surface area contributed by atoms with Crippen molar-refractivity contribution in [2.75, 3.05) is 11.4 Å². The number of hydrogen-bond acceptors (Lipinski definition) is 4. The molecule has 1 aliphatic carbocycles. The maximum Gasteiger partial charge on any atom is 0.240 e. The summed E-state index contributed by atoms with van der Waals surface area (Å²) in [6.45, 7) is 2.09. The van der Waals surface area contributed by atoms with Gasteiger partial charge in [-0.1, -0.05) is 6.07 Å². The molecule has 0 saturated heterocycles. The molecule has 1 fully saturated rings. The first-order chi connectivity index (χ1) is 10.9. The SMILES string of the molecule is CC(=O)N1CCc2ccc(S(=O)(=O)NC3CCC(O)CC3)cc21. The van der Waals surface area contributed by atoms with Gasteiger partial charge in [0.15, 0.2) is 0 Å². The maximum absolute atomic E-state index is 12.6. The van der Waals surface area contributed by atoms with Gasteiger partial charge in [-0.2, -0.15) is 0 Å². The van der Waals surface area contributed by atoms with E-state index in [-0.39, 0.29) is 22.9 Å². The average Bonchev–Trinajstić information content (AvgIpc) is 2.92. The number of carbonyl (C=O) groups excluding carboxylic acids is 1. The van der Waals surface area contributed by atoms with E-state index in [0.29, 0.717) is 37.9 Å². The second-order valence-electron chi connectivity index (χ2n) is 6.34. The van der Waals surface area contributed by atoms with Crippen LogP contribution in [0.25, 0.3) is 0 Å². The molecular formula is C16H22N2O4S. The number of aliphatic hydroxyl groups is 1. The van der Waals surface area contributed by atoms with Crippen molar-refractivity contribution in [3.63, 3.8) is 0 Å². The maximum atomic E-state index is 12.6. The van der Waals surface area contributed by atoms with Gasteiger partial charge in [0.05, 0.1) is 11.0 Å². The van der Waals surface area contributed by atoms with Gasteiger partial charge in [0.2, 0.25) is 15.9 Å². The topological polar surface area (TPSA) is 86.7 Å². The van der Waals surface area contributed by atoms with Crippen LogP contribution < -0.4 is 9.62 Å². The van der Waals surface area contributed by atoms with Crippen LogP contribution in [0.4, 0.5) is 5.69 Å². The van der Waals surface area contributed by atoms with Crippen molar-refractivity contribution < 1.29 is 18.3 Å². The third-order valence-corrected chi connectivity index (χ3v) is 6.18. The second-order valence-corrected chi connectivity index (χ2v) is 8.05. The van der Waals surface area contributed by atoms with Crippen LogP contribution in [-0.2, 0) is 21.2 Å². The van der Waals surface area contributed by atoms with E-state index in [9.17, 15) is 18.3 Å². The fraction of sp³-hybridized carbons (Fsp3) is 0.562. The number of hydrogen-bond donors (Lipinski definition) is 2. The number of sulfonamides is 1. The monoisotopic (exact) mass is 338 g/mol. The molecule has 3 rings (SSSR count). The molecule has 1 heterocycles. The Morgan fingerprint density at radius 1 is 1.26 bits per heavy atom. The van der Waals surface area contributed by atoms with Gasteiger partial charge in [0.25, 0.3) is 0 Å². The van der Waals surface area contributed by atoms with Crippen molar-refractivity contribution >= 4 is 21.6 Å². The molecule has 0 radical (unpaired) electrons. The van der Waals surface area contributed by atoms with E-state index in [4.69, 9.17) is 0 Å². The molecule has 1 aromatic rings. The number of nitrogens with one attached hydrogen (secondary N) is 1. The Kier molecular flexibility index (Phi) is 4.44. The Labute approximate surface area is 136 Å². The van der Waals surface area contributed by atoms with Crippen molar-refractivity contribution in [3.8, 4) is 0 Å². The van der Waals surface area contributed by atoms with Gasteiger partial charge in [0.1, 0.15) is 0 Å². The predicted molar refractivity (Wildman–Crippen MR) is 86.8 cm³/mol. The number of anilines is 1. The van der Waals surface area contributed by atoms with Crippen LogP contribution in [-0.4, -0.2) is 38.1 Å². The third-order valence-electron chi connectivity index (χ3n) is 4.66. The van der Waals surface area contributed by atoms with Crippen molar-refractivity contribution in [1.82, 2.24) is 4.72 Å². The van der Waals surface area contributed by atoms with Crippen LogP contribution in [0.5, 0.6) is 0 Å². The number of rotatable bonds is 3. The number of nitrogens with zero attached hydrogens (tertiary/aromatic N) is 1. The molecular weight excluding hydrogens is 316 g/mol. The van der Waals surface area contributed by atoms with Crippen molar-refractivity contribution in [1.29, 1.82) is 0 Å². The Morgan fingerprint density at radius 2 is 1.96 bits per heavy atom. The van der Waals surface area contributed by atoms with Crippen molar-refractivity contribution in [2.45, 2.75) is 56.1 Å². The highest BCUT2D eigenvalue weighted by molar-refractivity contribution is 7.89. The quantitative estimate of drug-likeness (QED) is 0.866. The number of carbonyl (C=O) groups is 1. The van der Waals surface area contributed by atoms with E-state index >= 15 is 0 Å². The lowest BCUT2D eigenvalue weighted by Crippen LogP contribution is -2.38. The summed E-state index contributed by atoms with van der Waals surface area (Å²) in [7, 11) is -3.62. The Hall–Kier alpha value is -1.44. The summed E-state index contributed by atoms with van der Waals surface area (Å²) >= 11 is 0. The molecule has 0 unspecified atom stereocenters. The van der Waals surface area contributed by atoms with Crippen molar-refractivity contribution in [3.05, 3.63) is 23.8 Å². The number of fused-ring (bicyclic) bond motifs is 1. The Morgan fingerprint density at radius 3 is 2.61 bits per heavy atom. The smallest absolute Gasteiger partial charge is 0.240 e. The van der Waals surface area contributed by atoms with Crippen LogP contribution in [0, 0.1) is 0 Å². The van der Waals surface area contributed by atoms with E-state index in [2.05, 4.69) is 4.72 Å². The summed E-state index contributed by atoms with van der Waals surface area (Å²) in [6, 6.07) is 4.84. The summed E-state index contributed by atoms with van der Waals surface area (Å²) in [5.74, 6) is -0.0764. The van der Waals surface area contributed by atoms with E-state index in [0.717, 1.165) is 12.0 Å². The van der Waals surface area contributed by atoms with Gasteiger partial charge in [-0.25, -0.2) is 13.1 Å². The normalized spacial score (nSPS) is 24.5. The zero-order valence-electron chi connectivity index (χ0n) is 13.2. The summed E-state index contributed by atoms with van der Waals surface area (Å²) < 4.78 is 27.9. The summed E-state index contributed by atoms with van der Waals surface area (Å²) in [6.07, 6.45) is 2.96. The minimum atomic E-state index is -3.62. The van der Waals surface area contributed by atoms with E-state index in [1.807, 2.05) is 0 Å². The first-order valence-electron chi connectivity index (χ1n) is 7.98. The molecule has 6 nitrogen and oxygen atoms in total. The van der Waals surface area contributed by atoms with Crippen LogP contribution >= 0.6 is 0 Å². The van der Waals surface area contributed by atoms with E-state index in [1.165, 1.54) is 6.92 Å². The molecule has 7 heteroatoms. The zero-order valence-corrected chi connectivity index (χ0v) is 14.0. The molecule has 1 amide bonds. The van der Waals surface area contributed by atoms with Gasteiger partial charge in [0, 0.05) is 25.2 Å². The Balaban J connectivity index is 1.81. The molecule has 0 bridgehead atoms. The van der Waals surface area contributed by atoms with Gasteiger partial charge in [-0.15, -0.1) is 0 Å². The first kappa shape index (κ1) is 16.4. The largest absolute Gasteiger partial charge is 0.393 e. The summed E-state index contributed by atoms with van der Waals surface area (Å²) in [4.78, 5) is 13.5. The number of benzene rings is 1. The minimum absolute atomic E-state index is 0.0764. The third kappa shape index (κ3) is 3.41. The molecule has 0 atom stereocenters. The lowest BCUT2D eigenvalue weighted by molar-refractivity contribution is -0.116. The molecule has 2 N–H and O–H groups in total. The fourth-order valence-corrected chi connectivity index (χ4v) is 4.66. The highest BCUT2D eigenvalue weighted by Gasteiger charge is 2.28. The molecule has 23 heavy (non-hydrogen) atoms. The lowest BCUT2D eigenvalue weighted by atomic mass is 9.94. The van der Waals surface area contributed by atoms with Crippen LogP contribution in [0.3, 0.4) is 0 Å². The zero-order chi connectivity index (χ0) is 16.6. The fourth-order valence-electron chi connectivity index (χ4n) is 3.33. The first-order valence-corrected chi connectivity index (χ1v) is 9.46. The molecule has 1 aromatic carbocycles. The molecule has 1 saturated carbocycles. The number of amides is 1. The van der Waals surface area contributed by atoms with Crippen molar-refractivity contribution in [2.24, 2.45) is 0 Å². The van der Waals surface area contributed by atoms with Crippen LogP contribution in [0.1, 0.15) is 38.2 Å². The highest BCUT2D eigenvalue weighted by atomic mass is 32.2. The number of aliphatic hydroxyl groups excluding tert-OH is 1. The van der Waals surface area contributed by atoms with Gasteiger partial charge in [-0.3, -0.25) is 4.79 Å². The summed E-state index contributed by atoms with van der Waals surface area (Å²) in [5, 5.41) is 9.51. The van der Waals surface area contributed by atoms with Crippen LogP contribution in [0.2, 0.25) is 0 Å². The standard InChI is InChI=1S/C16H22N2O4S/c1-11(19)18-9-8-12-2-7-15(10-16(12)18)23(21,22)17-13-3-5-14(20)6-4-13/h2,7,10,13-14,17,20H,3-6,8-9H2,1H3. The molecule has 0 aromatic heterocycles. The summed E-state index contributed by atoms with van der Waals surface area (Å²) in [5.41, 5.74) is 1.69.